The Hall–Kier alpha value is -3.56. The molecule has 3 aromatic carbocycles. The van der Waals surface area contributed by atoms with E-state index in [9.17, 15) is 10.1 Å². The van der Waals surface area contributed by atoms with Gasteiger partial charge in [-0.15, -0.1) is 10.2 Å². The van der Waals surface area contributed by atoms with Gasteiger partial charge < -0.3 is 9.47 Å². The maximum absolute atomic E-state index is 11.6. The molecule has 0 N–H and O–H groups in total. The van der Waals surface area contributed by atoms with E-state index < -0.39 is 5.25 Å². The van der Waals surface area contributed by atoms with E-state index in [-0.39, 0.29) is 11.5 Å². The van der Waals surface area contributed by atoms with E-state index in [1.165, 1.54) is 11.8 Å². The van der Waals surface area contributed by atoms with E-state index in [2.05, 4.69) is 10.2 Å². The van der Waals surface area contributed by atoms with Gasteiger partial charge in [-0.25, -0.2) is 0 Å². The zero-order valence-electron chi connectivity index (χ0n) is 20.1. The monoisotopic (exact) mass is 524 g/mol. The van der Waals surface area contributed by atoms with Crippen LogP contribution in [0.4, 0.5) is 0 Å². The van der Waals surface area contributed by atoms with Gasteiger partial charge in [-0.05, 0) is 61.4 Å². The fraction of sp³-hybridized carbons (Fsp3) is 0.231. The lowest BCUT2D eigenvalue weighted by molar-refractivity contribution is -0.479. The molecule has 1 aromatic heterocycles. The lowest BCUT2D eigenvalue weighted by Crippen LogP contribution is -2.11. The van der Waals surface area contributed by atoms with Gasteiger partial charge in [0, 0.05) is 15.6 Å². The SMILES string of the molecule is COc1cc([C@H](C[N+](=O)[O-])Sc2nnc(C)n2-c2ccc(C)cc2)ccc1OCc1ccc(Cl)cc1. The van der Waals surface area contributed by atoms with Gasteiger partial charge in [0.25, 0.3) is 0 Å². The number of halogens is 1. The largest absolute Gasteiger partial charge is 0.493 e. The maximum Gasteiger partial charge on any atom is 0.220 e. The summed E-state index contributed by atoms with van der Waals surface area (Å²) in [6, 6.07) is 20.7. The first-order valence-corrected chi connectivity index (χ1v) is 12.4. The topological polar surface area (TPSA) is 92.3 Å². The van der Waals surface area contributed by atoms with Gasteiger partial charge in [0.05, 0.1) is 7.11 Å². The molecule has 0 aliphatic rings. The van der Waals surface area contributed by atoms with Crippen LogP contribution in [0.15, 0.2) is 71.9 Å². The van der Waals surface area contributed by atoms with Gasteiger partial charge in [0.15, 0.2) is 16.7 Å². The Morgan fingerprint density at radius 3 is 2.42 bits per heavy atom. The van der Waals surface area contributed by atoms with Crippen molar-refractivity contribution >= 4 is 23.4 Å². The van der Waals surface area contributed by atoms with Gasteiger partial charge in [-0.3, -0.25) is 14.7 Å². The number of thioether (sulfide) groups is 1. The second-order valence-corrected chi connectivity index (χ2v) is 9.75. The summed E-state index contributed by atoms with van der Waals surface area (Å²) in [5, 5.41) is 20.8. The minimum Gasteiger partial charge on any atom is -0.493 e. The van der Waals surface area contributed by atoms with Gasteiger partial charge in [-0.2, -0.15) is 0 Å². The van der Waals surface area contributed by atoms with Crippen LogP contribution in [0.1, 0.15) is 27.8 Å². The summed E-state index contributed by atoms with van der Waals surface area (Å²) in [6.45, 7) is 3.91. The predicted molar refractivity (Wildman–Crippen MR) is 140 cm³/mol. The summed E-state index contributed by atoms with van der Waals surface area (Å²) in [7, 11) is 1.54. The first-order valence-electron chi connectivity index (χ1n) is 11.2. The summed E-state index contributed by atoms with van der Waals surface area (Å²) in [5.41, 5.74) is 3.71. The second kappa shape index (κ2) is 11.5. The van der Waals surface area contributed by atoms with Crippen LogP contribution in [0.3, 0.4) is 0 Å². The second-order valence-electron chi connectivity index (χ2n) is 8.15. The number of nitro groups is 1. The van der Waals surface area contributed by atoms with E-state index in [1.807, 2.05) is 60.9 Å². The van der Waals surface area contributed by atoms with Crippen molar-refractivity contribution in [1.29, 1.82) is 0 Å². The van der Waals surface area contributed by atoms with Crippen LogP contribution in [0.25, 0.3) is 5.69 Å². The quantitative estimate of drug-likeness (QED) is 0.138. The highest BCUT2D eigenvalue weighted by molar-refractivity contribution is 7.99. The number of rotatable bonds is 10. The van der Waals surface area contributed by atoms with Crippen molar-refractivity contribution in [3.05, 3.63) is 104 Å². The third-order valence-corrected chi connectivity index (χ3v) is 6.95. The Bertz CT molecular complexity index is 1340. The number of hydrogen-bond donors (Lipinski definition) is 0. The number of methoxy groups -OCH3 is 1. The molecule has 0 fully saturated rings. The smallest absolute Gasteiger partial charge is 0.220 e. The molecule has 8 nitrogen and oxygen atoms in total. The summed E-state index contributed by atoms with van der Waals surface area (Å²) in [5.74, 6) is 1.73. The van der Waals surface area contributed by atoms with Crippen LogP contribution >= 0.6 is 23.4 Å². The van der Waals surface area contributed by atoms with Crippen LogP contribution in [0.2, 0.25) is 5.02 Å². The maximum atomic E-state index is 11.6. The number of nitrogens with zero attached hydrogens (tertiary/aromatic N) is 4. The molecule has 4 rings (SSSR count). The van der Waals surface area contributed by atoms with Crippen molar-refractivity contribution in [1.82, 2.24) is 14.8 Å². The van der Waals surface area contributed by atoms with E-state index in [0.717, 1.165) is 22.4 Å². The lowest BCUT2D eigenvalue weighted by Gasteiger charge is -2.17. The Morgan fingerprint density at radius 2 is 1.75 bits per heavy atom. The summed E-state index contributed by atoms with van der Waals surface area (Å²) >= 11 is 7.24. The fourth-order valence-corrected chi connectivity index (χ4v) is 4.92. The molecule has 0 saturated heterocycles. The van der Waals surface area contributed by atoms with Gasteiger partial charge in [0.2, 0.25) is 6.54 Å². The molecule has 186 valence electrons. The average molecular weight is 525 g/mol. The van der Waals surface area contributed by atoms with Gasteiger partial charge in [-0.1, -0.05) is 59.3 Å². The van der Waals surface area contributed by atoms with Crippen molar-refractivity contribution in [2.45, 2.75) is 30.9 Å². The molecule has 0 unspecified atom stereocenters. The number of benzene rings is 3. The highest BCUT2D eigenvalue weighted by atomic mass is 35.5. The molecule has 0 spiro atoms. The molecule has 0 bridgehead atoms. The third-order valence-electron chi connectivity index (χ3n) is 5.52. The minimum atomic E-state index is -0.521. The van der Waals surface area contributed by atoms with Gasteiger partial charge >= 0.3 is 0 Å². The molecule has 36 heavy (non-hydrogen) atoms. The summed E-state index contributed by atoms with van der Waals surface area (Å²) < 4.78 is 13.4. The lowest BCUT2D eigenvalue weighted by atomic mass is 10.1. The Labute approximate surface area is 218 Å². The first-order chi connectivity index (χ1) is 17.3. The van der Waals surface area contributed by atoms with Crippen LogP contribution in [0.5, 0.6) is 11.5 Å². The number of aryl methyl sites for hydroxylation is 2. The van der Waals surface area contributed by atoms with Crippen molar-refractivity contribution in [3.8, 4) is 17.2 Å². The summed E-state index contributed by atoms with van der Waals surface area (Å²) in [4.78, 5) is 11.2. The van der Waals surface area contributed by atoms with Crippen molar-refractivity contribution < 1.29 is 14.4 Å². The molecule has 0 aliphatic heterocycles. The Morgan fingerprint density at radius 1 is 1.03 bits per heavy atom. The molecular weight excluding hydrogens is 500 g/mol. The molecular formula is C26H25ClN4O4S. The standard InChI is InChI=1S/C26H25ClN4O4S/c1-17-4-11-22(12-5-17)31-18(2)28-29-26(31)36-25(15-30(32)33)20-8-13-23(24(14-20)34-3)35-16-19-6-9-21(27)10-7-19/h4-14,25H,15-16H2,1-3H3/t25-/m0/s1. The average Bonchev–Trinajstić information content (AvgIpc) is 3.23. The number of hydrogen-bond acceptors (Lipinski definition) is 7. The van der Waals surface area contributed by atoms with Crippen LogP contribution in [0, 0.1) is 24.0 Å². The van der Waals surface area contributed by atoms with Gasteiger partial charge in [0.1, 0.15) is 17.7 Å². The van der Waals surface area contributed by atoms with Crippen LogP contribution in [-0.4, -0.2) is 33.3 Å². The molecule has 0 aliphatic carbocycles. The number of ether oxygens (including phenoxy) is 2. The summed E-state index contributed by atoms with van der Waals surface area (Å²) in [6.07, 6.45) is 0. The molecule has 10 heteroatoms. The Kier molecular flexibility index (Phi) is 8.12. The van der Waals surface area contributed by atoms with Crippen molar-refractivity contribution in [3.63, 3.8) is 0 Å². The molecule has 4 aromatic rings. The highest BCUT2D eigenvalue weighted by Gasteiger charge is 2.25. The molecule has 0 amide bonds. The van der Waals surface area contributed by atoms with Crippen LogP contribution in [-0.2, 0) is 6.61 Å². The predicted octanol–water partition coefficient (Wildman–Crippen LogP) is 6.24. The fourth-order valence-electron chi connectivity index (χ4n) is 3.63. The normalized spacial score (nSPS) is 11.8. The first kappa shape index (κ1) is 25.5. The van der Waals surface area contributed by atoms with Crippen LogP contribution < -0.4 is 9.47 Å². The third kappa shape index (κ3) is 6.16. The highest BCUT2D eigenvalue weighted by Crippen LogP contribution is 2.39. The van der Waals surface area contributed by atoms with E-state index in [0.29, 0.717) is 34.1 Å². The minimum absolute atomic E-state index is 0.293. The molecule has 1 heterocycles. The number of aromatic nitrogens is 3. The van der Waals surface area contributed by atoms with E-state index in [4.69, 9.17) is 21.1 Å². The van der Waals surface area contributed by atoms with E-state index >= 15 is 0 Å². The molecule has 0 saturated carbocycles. The molecule has 1 atom stereocenters. The zero-order chi connectivity index (χ0) is 25.7. The van der Waals surface area contributed by atoms with Crippen molar-refractivity contribution in [2.75, 3.05) is 13.7 Å². The zero-order valence-corrected chi connectivity index (χ0v) is 21.6. The van der Waals surface area contributed by atoms with Crippen molar-refractivity contribution in [2.24, 2.45) is 0 Å². The molecule has 0 radical (unpaired) electrons. The van der Waals surface area contributed by atoms with E-state index in [1.54, 1.807) is 31.4 Å². The Balaban J connectivity index is 1.59.